The van der Waals surface area contributed by atoms with Gasteiger partial charge >= 0.3 is 0 Å². The number of rotatable bonds is 8. The first-order valence-electron chi connectivity index (χ1n) is 12.7. The molecule has 0 aliphatic rings. The summed E-state index contributed by atoms with van der Waals surface area (Å²) in [5, 5.41) is 0. The monoisotopic (exact) mass is 476 g/mol. The van der Waals surface area contributed by atoms with E-state index in [-0.39, 0.29) is 0 Å². The number of nitrogens with zero attached hydrogens (tertiary/aromatic N) is 1. The van der Waals surface area contributed by atoms with E-state index in [1.54, 1.807) is 0 Å². The summed E-state index contributed by atoms with van der Waals surface area (Å²) >= 11 is 0. The lowest BCUT2D eigenvalue weighted by molar-refractivity contribution is -0.870. The van der Waals surface area contributed by atoms with Gasteiger partial charge in [-0.2, -0.15) is 0 Å². The Hall–Kier alpha value is -3.62. The minimum Gasteiger partial charge on any atom is -0.488 e. The Morgan fingerprint density at radius 2 is 0.806 bits per heavy atom. The van der Waals surface area contributed by atoms with Crippen LogP contribution in [-0.2, 0) is 0 Å². The van der Waals surface area contributed by atoms with Crippen LogP contribution in [0.15, 0.2) is 97.1 Å². The van der Waals surface area contributed by atoms with E-state index in [0.29, 0.717) is 6.61 Å². The zero-order valence-electron chi connectivity index (χ0n) is 22.5. The Balaban J connectivity index is 1.87. The Morgan fingerprint density at radius 1 is 0.500 bits per heavy atom. The van der Waals surface area contributed by atoms with Crippen molar-refractivity contribution in [2.45, 2.75) is 20.8 Å². The zero-order chi connectivity index (χ0) is 25.7. The molecule has 0 fully saturated rings. The third-order valence-electron chi connectivity index (χ3n) is 6.44. The maximum Gasteiger partial charge on any atom is 0.137 e. The van der Waals surface area contributed by atoms with Gasteiger partial charge in [-0.05, 0) is 66.3 Å². The first kappa shape index (κ1) is 25.5. The van der Waals surface area contributed by atoms with Crippen LogP contribution in [0.1, 0.15) is 38.9 Å². The van der Waals surface area contributed by atoms with E-state index >= 15 is 0 Å². The highest BCUT2D eigenvalue weighted by Gasteiger charge is 2.17. The second-order valence-corrected chi connectivity index (χ2v) is 10.7. The van der Waals surface area contributed by atoms with Crippen LogP contribution in [0.25, 0.3) is 11.1 Å². The SMILES string of the molecule is Cc1ccc(C(=C(c2ccc(C)cc2)c2ccc(OCC[N+](C)(C)C)cc2)c2ccc(C)cc2)cc1. The van der Waals surface area contributed by atoms with Crippen LogP contribution in [-0.4, -0.2) is 38.8 Å². The van der Waals surface area contributed by atoms with Crippen molar-refractivity contribution in [1.82, 2.24) is 0 Å². The molecule has 0 N–H and O–H groups in total. The fraction of sp³-hybridized carbons (Fsp3) is 0.235. The molecule has 184 valence electrons. The van der Waals surface area contributed by atoms with Crippen molar-refractivity contribution >= 4 is 11.1 Å². The maximum atomic E-state index is 6.06. The fourth-order valence-electron chi connectivity index (χ4n) is 4.23. The smallest absolute Gasteiger partial charge is 0.137 e. The van der Waals surface area contributed by atoms with E-state index in [1.165, 1.54) is 50.1 Å². The van der Waals surface area contributed by atoms with Crippen molar-refractivity contribution in [2.24, 2.45) is 0 Å². The van der Waals surface area contributed by atoms with Gasteiger partial charge in [-0.3, -0.25) is 0 Å². The molecular weight excluding hydrogens is 438 g/mol. The minimum atomic E-state index is 0.696. The summed E-state index contributed by atoms with van der Waals surface area (Å²) in [5.74, 6) is 0.905. The fourth-order valence-corrected chi connectivity index (χ4v) is 4.23. The highest BCUT2D eigenvalue weighted by molar-refractivity contribution is 6.04. The van der Waals surface area contributed by atoms with Gasteiger partial charge in [0, 0.05) is 0 Å². The van der Waals surface area contributed by atoms with Gasteiger partial charge < -0.3 is 9.22 Å². The standard InChI is InChI=1S/C34H38NO/c1-25-7-13-28(14-8-25)33(29-15-9-26(2)10-16-29)34(30-17-11-27(3)12-18-30)31-19-21-32(22-20-31)36-24-23-35(4,5)6/h7-22H,23-24H2,1-6H3/q+1. The summed E-state index contributed by atoms with van der Waals surface area (Å²) in [5.41, 5.74) is 11.0. The van der Waals surface area contributed by atoms with Gasteiger partial charge in [-0.15, -0.1) is 0 Å². The molecule has 0 saturated heterocycles. The third-order valence-corrected chi connectivity index (χ3v) is 6.44. The van der Waals surface area contributed by atoms with Crippen LogP contribution in [0.2, 0.25) is 0 Å². The third kappa shape index (κ3) is 6.53. The summed E-state index contributed by atoms with van der Waals surface area (Å²) in [7, 11) is 6.55. The summed E-state index contributed by atoms with van der Waals surface area (Å²) < 4.78 is 6.95. The Labute approximate surface area is 217 Å². The van der Waals surface area contributed by atoms with E-state index in [4.69, 9.17) is 4.74 Å². The van der Waals surface area contributed by atoms with Crippen LogP contribution in [0.5, 0.6) is 5.75 Å². The number of ether oxygens (including phenoxy) is 1. The quantitative estimate of drug-likeness (QED) is 0.187. The maximum absolute atomic E-state index is 6.06. The minimum absolute atomic E-state index is 0.696. The summed E-state index contributed by atoms with van der Waals surface area (Å²) in [4.78, 5) is 0. The number of hydrogen-bond donors (Lipinski definition) is 0. The molecule has 0 aliphatic carbocycles. The van der Waals surface area contributed by atoms with Crippen LogP contribution >= 0.6 is 0 Å². The molecule has 0 amide bonds. The molecule has 2 nitrogen and oxygen atoms in total. The molecule has 4 aromatic carbocycles. The van der Waals surface area contributed by atoms with Gasteiger partial charge in [0.05, 0.1) is 21.1 Å². The molecule has 2 heteroatoms. The van der Waals surface area contributed by atoms with E-state index in [0.717, 1.165) is 16.8 Å². The van der Waals surface area contributed by atoms with Crippen molar-refractivity contribution < 1.29 is 9.22 Å². The molecule has 0 bridgehead atoms. The van der Waals surface area contributed by atoms with E-state index in [1.807, 2.05) is 0 Å². The molecule has 4 aromatic rings. The second kappa shape index (κ2) is 11.0. The lowest BCUT2D eigenvalue weighted by atomic mass is 9.85. The van der Waals surface area contributed by atoms with Crippen molar-refractivity contribution in [2.75, 3.05) is 34.3 Å². The van der Waals surface area contributed by atoms with Crippen LogP contribution < -0.4 is 4.74 Å². The molecule has 0 saturated carbocycles. The Bertz CT molecular complexity index is 1260. The van der Waals surface area contributed by atoms with Gasteiger partial charge in [0.1, 0.15) is 18.9 Å². The molecular formula is C34H38NO+. The van der Waals surface area contributed by atoms with Gasteiger partial charge in [0.2, 0.25) is 0 Å². The molecule has 0 spiro atoms. The van der Waals surface area contributed by atoms with Gasteiger partial charge in [-0.1, -0.05) is 102 Å². The average Bonchev–Trinajstić information content (AvgIpc) is 2.85. The number of quaternary nitrogens is 1. The van der Waals surface area contributed by atoms with Crippen molar-refractivity contribution in [3.05, 3.63) is 136 Å². The summed E-state index contributed by atoms with van der Waals surface area (Å²) in [6.45, 7) is 8.06. The normalized spacial score (nSPS) is 11.3. The largest absolute Gasteiger partial charge is 0.488 e. The van der Waals surface area contributed by atoms with Gasteiger partial charge in [-0.25, -0.2) is 0 Å². The summed E-state index contributed by atoms with van der Waals surface area (Å²) in [6, 6.07) is 35.2. The predicted molar refractivity (Wildman–Crippen MR) is 153 cm³/mol. The molecule has 36 heavy (non-hydrogen) atoms. The van der Waals surface area contributed by atoms with Gasteiger partial charge in [0.15, 0.2) is 0 Å². The molecule has 0 heterocycles. The number of aryl methyl sites for hydroxylation is 3. The van der Waals surface area contributed by atoms with Crippen molar-refractivity contribution in [3.8, 4) is 5.75 Å². The Kier molecular flexibility index (Phi) is 7.76. The highest BCUT2D eigenvalue weighted by atomic mass is 16.5. The van der Waals surface area contributed by atoms with E-state index < -0.39 is 0 Å². The van der Waals surface area contributed by atoms with Crippen molar-refractivity contribution in [1.29, 1.82) is 0 Å². The Morgan fingerprint density at radius 3 is 1.11 bits per heavy atom. The highest BCUT2D eigenvalue weighted by Crippen LogP contribution is 2.37. The lowest BCUT2D eigenvalue weighted by Crippen LogP contribution is -2.38. The predicted octanol–water partition coefficient (Wildman–Crippen LogP) is 7.70. The molecule has 0 radical (unpaired) electrons. The lowest BCUT2D eigenvalue weighted by Gasteiger charge is -2.23. The molecule has 0 atom stereocenters. The molecule has 4 rings (SSSR count). The van der Waals surface area contributed by atoms with Gasteiger partial charge in [0.25, 0.3) is 0 Å². The average molecular weight is 477 g/mol. The molecule has 0 aromatic heterocycles. The van der Waals surface area contributed by atoms with Crippen LogP contribution in [0.3, 0.4) is 0 Å². The first-order chi connectivity index (χ1) is 17.2. The number of likely N-dealkylation sites (N-methyl/N-ethyl adjacent to an activating group) is 1. The second-order valence-electron chi connectivity index (χ2n) is 10.7. The van der Waals surface area contributed by atoms with Crippen LogP contribution in [0.4, 0.5) is 0 Å². The molecule has 0 aliphatic heterocycles. The summed E-state index contributed by atoms with van der Waals surface area (Å²) in [6.07, 6.45) is 0. The zero-order valence-corrected chi connectivity index (χ0v) is 22.5. The first-order valence-corrected chi connectivity index (χ1v) is 12.7. The number of hydrogen-bond acceptors (Lipinski definition) is 1. The number of benzene rings is 4. The van der Waals surface area contributed by atoms with E-state index in [2.05, 4.69) is 139 Å². The van der Waals surface area contributed by atoms with E-state index in [9.17, 15) is 0 Å². The van der Waals surface area contributed by atoms with Crippen LogP contribution in [0, 0.1) is 20.8 Å². The van der Waals surface area contributed by atoms with Crippen molar-refractivity contribution in [3.63, 3.8) is 0 Å². The topological polar surface area (TPSA) is 9.23 Å². The molecule has 0 unspecified atom stereocenters.